The van der Waals surface area contributed by atoms with Crippen molar-refractivity contribution >= 4 is 29.8 Å². The highest BCUT2D eigenvalue weighted by Crippen LogP contribution is 2.23. The molecule has 2 rings (SSSR count). The summed E-state index contributed by atoms with van der Waals surface area (Å²) in [7, 11) is 0. The Morgan fingerprint density at radius 2 is 1.68 bits per heavy atom. The summed E-state index contributed by atoms with van der Waals surface area (Å²) < 4.78 is 0. The van der Waals surface area contributed by atoms with Crippen molar-refractivity contribution in [1.29, 1.82) is 0 Å². The molecule has 0 aliphatic heterocycles. The molecule has 0 fully saturated rings. The van der Waals surface area contributed by atoms with Crippen molar-refractivity contribution in [3.05, 3.63) is 41.2 Å². The topological polar surface area (TPSA) is 37.8 Å². The Morgan fingerprint density at radius 3 is 2.18 bits per heavy atom. The number of nitrogens with one attached hydrogen (secondary N) is 1. The molecule has 1 N–H and O–H groups in total. The van der Waals surface area contributed by atoms with E-state index in [1.807, 2.05) is 38.1 Å². The van der Waals surface area contributed by atoms with E-state index in [4.69, 9.17) is 12.2 Å². The quantitative estimate of drug-likeness (QED) is 0.641. The zero-order valence-corrected chi connectivity index (χ0v) is 15.3. The molecule has 0 aliphatic rings. The first-order chi connectivity index (χ1) is 10.2. The molecular formula is C17H21N3S2. The molecule has 0 aliphatic carbocycles. The zero-order chi connectivity index (χ0) is 16.5. The van der Waals surface area contributed by atoms with Crippen LogP contribution in [0.3, 0.4) is 0 Å². The van der Waals surface area contributed by atoms with E-state index in [2.05, 4.69) is 48.7 Å². The standard InChI is InChI=1S/C17H21N3S2/c1-10-8-11(2)19-15(18-10)12-6-7-13(14(21)9-12)16(22)20-17(3,4)5/h6-9,21H,1-5H3,(H,20,22). The molecule has 1 heterocycles. The molecule has 22 heavy (non-hydrogen) atoms. The van der Waals surface area contributed by atoms with Gasteiger partial charge in [0.05, 0.1) is 0 Å². The molecule has 2 aromatic rings. The third-order valence-electron chi connectivity index (χ3n) is 2.97. The maximum atomic E-state index is 5.47. The number of benzene rings is 1. The van der Waals surface area contributed by atoms with Crippen LogP contribution >= 0.6 is 24.8 Å². The van der Waals surface area contributed by atoms with Crippen LogP contribution in [-0.4, -0.2) is 20.5 Å². The third-order valence-corrected chi connectivity index (χ3v) is 3.66. The predicted molar refractivity (Wildman–Crippen MR) is 98.8 cm³/mol. The zero-order valence-electron chi connectivity index (χ0n) is 13.6. The lowest BCUT2D eigenvalue weighted by Gasteiger charge is -2.23. The first-order valence-electron chi connectivity index (χ1n) is 7.14. The van der Waals surface area contributed by atoms with Gasteiger partial charge in [-0.3, -0.25) is 0 Å². The Balaban J connectivity index is 2.35. The Labute approximate surface area is 143 Å². The highest BCUT2D eigenvalue weighted by molar-refractivity contribution is 7.81. The molecule has 0 saturated heterocycles. The van der Waals surface area contributed by atoms with Gasteiger partial charge in [0.2, 0.25) is 0 Å². The second-order valence-electron chi connectivity index (χ2n) is 6.41. The molecule has 0 atom stereocenters. The minimum Gasteiger partial charge on any atom is -0.371 e. The Bertz CT molecular complexity index is 698. The minimum absolute atomic E-state index is 0.0766. The van der Waals surface area contributed by atoms with E-state index in [1.165, 1.54) is 0 Å². The van der Waals surface area contributed by atoms with E-state index >= 15 is 0 Å². The Hall–Kier alpha value is -1.46. The molecule has 0 unspecified atom stereocenters. The lowest BCUT2D eigenvalue weighted by atomic mass is 10.1. The summed E-state index contributed by atoms with van der Waals surface area (Å²) in [6, 6.07) is 7.88. The van der Waals surface area contributed by atoms with Crippen molar-refractivity contribution < 1.29 is 0 Å². The van der Waals surface area contributed by atoms with Gasteiger partial charge in [-0.2, -0.15) is 0 Å². The molecular weight excluding hydrogens is 310 g/mol. The molecule has 0 spiro atoms. The average molecular weight is 332 g/mol. The highest BCUT2D eigenvalue weighted by atomic mass is 32.1. The van der Waals surface area contributed by atoms with Crippen LogP contribution in [-0.2, 0) is 0 Å². The predicted octanol–water partition coefficient (Wildman–Crippen LogP) is 4.11. The number of thiol groups is 1. The van der Waals surface area contributed by atoms with E-state index in [0.29, 0.717) is 10.8 Å². The fraction of sp³-hybridized carbons (Fsp3) is 0.353. The molecule has 3 nitrogen and oxygen atoms in total. The SMILES string of the molecule is Cc1cc(C)nc(-c2ccc(C(=S)NC(C)(C)C)c(S)c2)n1. The van der Waals surface area contributed by atoms with Gasteiger partial charge in [-0.05, 0) is 46.8 Å². The van der Waals surface area contributed by atoms with Crippen LogP contribution in [0.2, 0.25) is 0 Å². The van der Waals surface area contributed by atoms with Crippen LogP contribution in [0.1, 0.15) is 37.7 Å². The Morgan fingerprint density at radius 1 is 1.09 bits per heavy atom. The fourth-order valence-corrected chi connectivity index (χ4v) is 3.01. The molecule has 1 aromatic carbocycles. The van der Waals surface area contributed by atoms with Gasteiger partial charge in [-0.25, -0.2) is 9.97 Å². The number of hydrogen-bond donors (Lipinski definition) is 2. The summed E-state index contributed by atoms with van der Waals surface area (Å²) in [5.74, 6) is 0.717. The van der Waals surface area contributed by atoms with Crippen molar-refractivity contribution in [2.75, 3.05) is 0 Å². The normalized spacial score (nSPS) is 11.4. The number of hydrogen-bond acceptors (Lipinski definition) is 4. The van der Waals surface area contributed by atoms with Crippen molar-refractivity contribution in [2.45, 2.75) is 45.1 Å². The third kappa shape index (κ3) is 4.27. The Kier molecular flexibility index (Phi) is 4.87. The first kappa shape index (κ1) is 16.9. The smallest absolute Gasteiger partial charge is 0.159 e. The van der Waals surface area contributed by atoms with Crippen LogP contribution in [0.5, 0.6) is 0 Å². The van der Waals surface area contributed by atoms with Gasteiger partial charge in [0.25, 0.3) is 0 Å². The molecule has 0 amide bonds. The number of thiocarbonyl (C=S) groups is 1. The van der Waals surface area contributed by atoms with E-state index in [9.17, 15) is 0 Å². The van der Waals surface area contributed by atoms with Crippen molar-refractivity contribution in [2.24, 2.45) is 0 Å². The summed E-state index contributed by atoms with van der Waals surface area (Å²) in [6.45, 7) is 10.2. The summed E-state index contributed by atoms with van der Waals surface area (Å²) in [5.41, 5.74) is 3.70. The molecule has 116 valence electrons. The average Bonchev–Trinajstić information content (AvgIpc) is 2.35. The number of rotatable bonds is 2. The molecule has 0 bridgehead atoms. The highest BCUT2D eigenvalue weighted by Gasteiger charge is 2.15. The fourth-order valence-electron chi connectivity index (χ4n) is 2.13. The van der Waals surface area contributed by atoms with Gasteiger partial charge in [-0.1, -0.05) is 24.4 Å². The molecule has 0 radical (unpaired) electrons. The van der Waals surface area contributed by atoms with Gasteiger partial charge in [-0.15, -0.1) is 12.6 Å². The molecule has 0 saturated carbocycles. The van der Waals surface area contributed by atoms with Gasteiger partial charge in [0.1, 0.15) is 4.99 Å². The second-order valence-corrected chi connectivity index (χ2v) is 7.30. The van der Waals surface area contributed by atoms with Gasteiger partial charge in [0, 0.05) is 32.9 Å². The monoisotopic (exact) mass is 331 g/mol. The first-order valence-corrected chi connectivity index (χ1v) is 7.99. The van der Waals surface area contributed by atoms with Crippen LogP contribution in [0.15, 0.2) is 29.2 Å². The van der Waals surface area contributed by atoms with Crippen LogP contribution in [0.4, 0.5) is 0 Å². The number of aryl methyl sites for hydroxylation is 2. The van der Waals surface area contributed by atoms with Crippen molar-refractivity contribution in [3.63, 3.8) is 0 Å². The second kappa shape index (κ2) is 6.34. The molecule has 5 heteroatoms. The minimum atomic E-state index is -0.0766. The van der Waals surface area contributed by atoms with Crippen molar-refractivity contribution in [3.8, 4) is 11.4 Å². The molecule has 1 aromatic heterocycles. The van der Waals surface area contributed by atoms with E-state index in [1.54, 1.807) is 0 Å². The summed E-state index contributed by atoms with van der Waals surface area (Å²) >= 11 is 10.0. The van der Waals surface area contributed by atoms with Crippen molar-refractivity contribution in [1.82, 2.24) is 15.3 Å². The summed E-state index contributed by atoms with van der Waals surface area (Å²) in [6.07, 6.45) is 0. The lowest BCUT2D eigenvalue weighted by molar-refractivity contribution is 0.515. The maximum Gasteiger partial charge on any atom is 0.159 e. The van der Waals surface area contributed by atoms with Gasteiger partial charge < -0.3 is 5.32 Å². The summed E-state index contributed by atoms with van der Waals surface area (Å²) in [5, 5.41) is 3.31. The van der Waals surface area contributed by atoms with E-state index in [-0.39, 0.29) is 5.54 Å². The maximum absolute atomic E-state index is 5.47. The largest absolute Gasteiger partial charge is 0.371 e. The van der Waals surface area contributed by atoms with Crippen LogP contribution in [0, 0.1) is 13.8 Å². The summed E-state index contributed by atoms with van der Waals surface area (Å²) in [4.78, 5) is 10.5. The van der Waals surface area contributed by atoms with E-state index < -0.39 is 0 Å². The number of aromatic nitrogens is 2. The van der Waals surface area contributed by atoms with Gasteiger partial charge in [0.15, 0.2) is 5.82 Å². The van der Waals surface area contributed by atoms with Gasteiger partial charge >= 0.3 is 0 Å². The number of nitrogens with zero attached hydrogens (tertiary/aromatic N) is 2. The van der Waals surface area contributed by atoms with Crippen LogP contribution in [0.25, 0.3) is 11.4 Å². The van der Waals surface area contributed by atoms with Crippen LogP contribution < -0.4 is 5.32 Å². The lowest BCUT2D eigenvalue weighted by Crippen LogP contribution is -2.40. The van der Waals surface area contributed by atoms with E-state index in [0.717, 1.165) is 27.4 Å².